The van der Waals surface area contributed by atoms with Crippen LogP contribution in [0.15, 0.2) is 36.4 Å². The summed E-state index contributed by atoms with van der Waals surface area (Å²) in [5.41, 5.74) is 1.73. The summed E-state index contributed by atoms with van der Waals surface area (Å²) < 4.78 is 13.0. The quantitative estimate of drug-likeness (QED) is 0.0852. The third-order valence-electron chi connectivity index (χ3n) is 3.56. The van der Waals surface area contributed by atoms with Crippen molar-refractivity contribution in [2.24, 2.45) is 5.90 Å². The maximum atomic E-state index is 11.4. The molecule has 0 bridgehead atoms. The van der Waals surface area contributed by atoms with Crippen molar-refractivity contribution in [1.82, 2.24) is 0 Å². The lowest BCUT2D eigenvalue weighted by Gasteiger charge is -2.09. The fourth-order valence-electron chi connectivity index (χ4n) is 2.31. The van der Waals surface area contributed by atoms with Gasteiger partial charge in [0.2, 0.25) is 12.0 Å². The van der Waals surface area contributed by atoms with Crippen LogP contribution >= 0.6 is 45.2 Å². The number of ketones is 2. The van der Waals surface area contributed by atoms with Gasteiger partial charge in [-0.25, -0.2) is 10.6 Å². The number of nitrogens with zero attached hydrogens (tertiary/aromatic N) is 1. The van der Waals surface area contributed by atoms with E-state index in [1.807, 2.05) is 30.3 Å². The molecule has 2 aromatic rings. The van der Waals surface area contributed by atoms with Gasteiger partial charge in [-0.3, -0.25) is 19.2 Å². The summed E-state index contributed by atoms with van der Waals surface area (Å²) in [5.74, 6) is 5.80. The largest absolute Gasteiger partial charge is 0.623 e. The van der Waals surface area contributed by atoms with Crippen LogP contribution in [0.3, 0.4) is 0 Å². The van der Waals surface area contributed by atoms with Gasteiger partial charge in [-0.2, -0.15) is 0 Å². The molecule has 2 rings (SSSR count). The van der Waals surface area contributed by atoms with E-state index in [1.165, 1.54) is 13.8 Å². The van der Waals surface area contributed by atoms with Gasteiger partial charge in [-0.05, 0) is 63.4 Å². The molecule has 9 nitrogen and oxygen atoms in total. The predicted molar refractivity (Wildman–Crippen MR) is 141 cm³/mol. The van der Waals surface area contributed by atoms with Gasteiger partial charge in [0.25, 0.3) is 0 Å². The normalized spacial score (nSPS) is 10.1. The first-order valence-corrected chi connectivity index (χ1v) is 11.5. The van der Waals surface area contributed by atoms with Crippen molar-refractivity contribution in [2.75, 3.05) is 14.2 Å². The molecule has 0 heterocycles. The van der Waals surface area contributed by atoms with Crippen molar-refractivity contribution in [1.29, 1.82) is 0 Å². The molecule has 2 N–H and O–H groups in total. The van der Waals surface area contributed by atoms with E-state index < -0.39 is 5.78 Å². The molecule has 0 aliphatic rings. The van der Waals surface area contributed by atoms with E-state index in [1.54, 1.807) is 20.3 Å². The third kappa shape index (κ3) is 12.6. The van der Waals surface area contributed by atoms with Gasteiger partial charge in [-0.15, -0.1) is 0 Å². The molecule has 0 unspecified atom stereocenters. The Hall–Kier alpha value is -2.10. The number of hydrogen-bond acceptors (Lipinski definition) is 8. The highest BCUT2D eigenvalue weighted by atomic mass is 127. The molecular weight excluding hydrogens is 658 g/mol. The van der Waals surface area contributed by atoms with Gasteiger partial charge in [0, 0.05) is 19.4 Å². The molecule has 0 saturated carbocycles. The molecule has 0 spiro atoms. The summed E-state index contributed by atoms with van der Waals surface area (Å²) in [6.07, 6.45) is 1.30. The Morgan fingerprint density at radius 3 is 1.82 bits per heavy atom. The van der Waals surface area contributed by atoms with Crippen molar-refractivity contribution < 1.29 is 33.4 Å². The van der Waals surface area contributed by atoms with Crippen LogP contribution in [-0.4, -0.2) is 43.0 Å². The third-order valence-corrected chi connectivity index (χ3v) is 5.26. The second-order valence-corrected chi connectivity index (χ2v) is 8.54. The molecular formula is C22H26I2N2O7. The maximum absolute atomic E-state index is 11.4. The standard InChI is InChI=1S/C11H12INO3.C8H10INO2.C3H4O2/c1-8(14)6-13(15)7-9-4-3-5-10(12)11(9)16-2;1-11-8-6(5-12-10)3-2-4-7(8)9;1-3(5)2-4/h3-6H,7H2,1-2H3;2-4H,5,10H2,1H3;2H,1H3/b13-6-;;. The molecule has 0 saturated heterocycles. The lowest BCUT2D eigenvalue weighted by Crippen LogP contribution is -2.10. The van der Waals surface area contributed by atoms with E-state index in [-0.39, 0.29) is 18.6 Å². The van der Waals surface area contributed by atoms with E-state index in [2.05, 4.69) is 50.0 Å². The number of carbonyl (C=O) groups is 3. The lowest BCUT2D eigenvalue weighted by atomic mass is 10.2. The second kappa shape index (κ2) is 17.4. The summed E-state index contributed by atoms with van der Waals surface area (Å²) >= 11 is 4.34. The van der Waals surface area contributed by atoms with E-state index in [0.29, 0.717) is 17.1 Å². The number of hydroxylamine groups is 1. The van der Waals surface area contributed by atoms with Gasteiger partial charge < -0.3 is 14.7 Å². The van der Waals surface area contributed by atoms with Crippen LogP contribution in [0.4, 0.5) is 0 Å². The predicted octanol–water partition coefficient (Wildman–Crippen LogP) is 3.43. The van der Waals surface area contributed by atoms with E-state index in [4.69, 9.17) is 20.2 Å². The van der Waals surface area contributed by atoms with E-state index in [9.17, 15) is 14.8 Å². The SMILES string of the molecule is CC(=O)C=O.COc1c(I)cccc1C/[N+]([O-])=C/C(C)=O.COc1c(I)cccc1CON. The van der Waals surface area contributed by atoms with Crippen LogP contribution in [0, 0.1) is 12.3 Å². The molecule has 0 aliphatic carbocycles. The second-order valence-electron chi connectivity index (χ2n) is 6.22. The van der Waals surface area contributed by atoms with Crippen LogP contribution < -0.4 is 15.4 Å². The average molecular weight is 684 g/mol. The first kappa shape index (κ1) is 30.9. The fraction of sp³-hybridized carbons (Fsp3) is 0.273. The number of aldehydes is 1. The van der Waals surface area contributed by atoms with Crippen LogP contribution in [-0.2, 0) is 32.4 Å². The summed E-state index contributed by atoms with van der Waals surface area (Å²) in [6.45, 7) is 3.05. The number of Topliss-reactive ketones (excluding diaryl/α,β-unsaturated/α-hetero) is 2. The first-order chi connectivity index (χ1) is 15.6. The Labute approximate surface area is 220 Å². The van der Waals surface area contributed by atoms with Crippen molar-refractivity contribution in [3.63, 3.8) is 0 Å². The van der Waals surface area contributed by atoms with Gasteiger partial charge in [0.05, 0.1) is 33.5 Å². The summed E-state index contributed by atoms with van der Waals surface area (Å²) in [4.78, 5) is 33.9. The number of hydrogen-bond donors (Lipinski definition) is 1. The number of halogens is 2. The molecule has 11 heteroatoms. The Morgan fingerprint density at radius 1 is 0.970 bits per heavy atom. The number of carbonyl (C=O) groups excluding carboxylic acids is 3. The summed E-state index contributed by atoms with van der Waals surface area (Å²) in [7, 11) is 3.20. The average Bonchev–Trinajstić information content (AvgIpc) is 2.74. The van der Waals surface area contributed by atoms with Gasteiger partial charge in [0.1, 0.15) is 11.5 Å². The highest BCUT2D eigenvalue weighted by Gasteiger charge is 2.10. The fourth-order valence-corrected chi connectivity index (χ4v) is 3.86. The minimum Gasteiger partial charge on any atom is -0.623 e. The zero-order chi connectivity index (χ0) is 25.4. The molecule has 2 aromatic carbocycles. The number of methoxy groups -OCH3 is 2. The Kier molecular flexibility index (Phi) is 16.3. The van der Waals surface area contributed by atoms with Gasteiger partial charge in [-0.1, -0.05) is 18.2 Å². The minimum atomic E-state index is -0.426. The number of rotatable bonds is 8. The smallest absolute Gasteiger partial charge is 0.217 e. The van der Waals surface area contributed by atoms with E-state index >= 15 is 0 Å². The van der Waals surface area contributed by atoms with Crippen LogP contribution in [0.2, 0.25) is 0 Å². The topological polar surface area (TPSA) is 131 Å². The lowest BCUT2D eigenvalue weighted by molar-refractivity contribution is -0.469. The molecule has 33 heavy (non-hydrogen) atoms. The van der Waals surface area contributed by atoms with Crippen LogP contribution in [0.5, 0.6) is 11.5 Å². The highest BCUT2D eigenvalue weighted by Crippen LogP contribution is 2.26. The zero-order valence-corrected chi connectivity index (χ0v) is 23.0. The maximum Gasteiger partial charge on any atom is 0.217 e. The Morgan fingerprint density at radius 2 is 1.42 bits per heavy atom. The molecule has 0 aromatic heterocycles. The van der Waals surface area contributed by atoms with Crippen LogP contribution in [0.1, 0.15) is 25.0 Å². The van der Waals surface area contributed by atoms with E-state index in [0.717, 1.165) is 30.2 Å². The number of nitrogens with two attached hydrogens (primary N) is 1. The highest BCUT2D eigenvalue weighted by molar-refractivity contribution is 14.1. The van der Waals surface area contributed by atoms with Crippen molar-refractivity contribution in [2.45, 2.75) is 27.0 Å². The van der Waals surface area contributed by atoms with Gasteiger partial charge in [0.15, 0.2) is 18.6 Å². The number of para-hydroxylation sites is 2. The molecule has 0 amide bonds. The number of benzene rings is 2. The number of ether oxygens (including phenoxy) is 2. The monoisotopic (exact) mass is 684 g/mol. The molecule has 0 radical (unpaired) electrons. The zero-order valence-electron chi connectivity index (χ0n) is 18.7. The molecule has 0 fully saturated rings. The molecule has 0 aliphatic heterocycles. The summed E-state index contributed by atoms with van der Waals surface area (Å²) in [5, 5.41) is 11.4. The van der Waals surface area contributed by atoms with Crippen molar-refractivity contribution in [3.8, 4) is 11.5 Å². The van der Waals surface area contributed by atoms with Crippen molar-refractivity contribution in [3.05, 3.63) is 59.9 Å². The van der Waals surface area contributed by atoms with Crippen molar-refractivity contribution >= 4 is 69.2 Å². The Bertz CT molecular complexity index is 966. The summed E-state index contributed by atoms with van der Waals surface area (Å²) in [6, 6.07) is 11.4. The molecule has 0 atom stereocenters. The Balaban J connectivity index is 0.000000530. The minimum absolute atomic E-state index is 0.111. The first-order valence-electron chi connectivity index (χ1n) is 9.30. The van der Waals surface area contributed by atoms with Gasteiger partial charge >= 0.3 is 0 Å². The van der Waals surface area contributed by atoms with Crippen LogP contribution in [0.25, 0.3) is 0 Å². The molecule has 180 valence electrons.